The number of halogens is 3. The van der Waals surface area contributed by atoms with Crippen molar-refractivity contribution in [2.45, 2.75) is 23.8 Å². The normalized spacial score (nSPS) is 20.2. The molecule has 1 aliphatic rings. The average Bonchev–Trinajstić information content (AvgIpc) is 2.75. The van der Waals surface area contributed by atoms with Crippen molar-refractivity contribution in [2.24, 2.45) is 0 Å². The highest BCUT2D eigenvalue weighted by atomic mass is 79.9. The summed E-state index contributed by atoms with van der Waals surface area (Å²) in [6, 6.07) is 0.0435. The van der Waals surface area contributed by atoms with E-state index in [0.717, 1.165) is 10.4 Å². The summed E-state index contributed by atoms with van der Waals surface area (Å²) in [6.07, 6.45) is 0.533. The van der Waals surface area contributed by atoms with Crippen LogP contribution in [0.2, 0.25) is 0 Å². The molecule has 20 heavy (non-hydrogen) atoms. The molecule has 0 saturated carbocycles. The Labute approximate surface area is 122 Å². The Bertz CT molecular complexity index is 641. The molecule has 2 rings (SSSR count). The summed E-state index contributed by atoms with van der Waals surface area (Å²) in [5, 5.41) is 9.01. The van der Waals surface area contributed by atoms with E-state index in [1.807, 2.05) is 0 Å². The van der Waals surface area contributed by atoms with E-state index >= 15 is 0 Å². The van der Waals surface area contributed by atoms with Crippen molar-refractivity contribution in [3.05, 3.63) is 28.2 Å². The molecule has 1 aromatic carbocycles. The van der Waals surface area contributed by atoms with E-state index in [1.54, 1.807) is 0 Å². The van der Waals surface area contributed by atoms with Crippen LogP contribution in [0.15, 0.2) is 21.5 Å². The quantitative estimate of drug-likeness (QED) is 0.883. The smallest absolute Gasteiger partial charge is 0.322 e. The summed E-state index contributed by atoms with van der Waals surface area (Å²) in [5.74, 6) is -3.47. The third kappa shape index (κ3) is 2.57. The minimum Gasteiger partial charge on any atom is -0.480 e. The molecule has 9 heteroatoms. The number of aliphatic carboxylic acids is 1. The molecule has 1 aliphatic heterocycles. The highest BCUT2D eigenvalue weighted by molar-refractivity contribution is 9.10. The second kappa shape index (κ2) is 5.38. The van der Waals surface area contributed by atoms with Gasteiger partial charge in [0.1, 0.15) is 22.6 Å². The Morgan fingerprint density at radius 3 is 2.60 bits per heavy atom. The van der Waals surface area contributed by atoms with Gasteiger partial charge >= 0.3 is 5.97 Å². The Kier molecular flexibility index (Phi) is 4.12. The van der Waals surface area contributed by atoms with E-state index in [1.165, 1.54) is 0 Å². The van der Waals surface area contributed by atoms with Crippen LogP contribution in [0.5, 0.6) is 0 Å². The van der Waals surface area contributed by atoms with Crippen LogP contribution in [0.3, 0.4) is 0 Å². The Morgan fingerprint density at radius 2 is 2.05 bits per heavy atom. The number of nitrogens with zero attached hydrogens (tertiary/aromatic N) is 1. The second-order valence-corrected chi connectivity index (χ2v) is 6.99. The maximum absolute atomic E-state index is 13.8. The van der Waals surface area contributed by atoms with E-state index < -0.39 is 38.6 Å². The standard InChI is InChI=1S/C11H10BrF2NO4S/c12-7-4-6(13)5-8(14)10(7)20(18,19)15-3-1-2-9(15)11(16)17/h4-5,9H,1-3H2,(H,16,17)/t9-/m1/s1. The first kappa shape index (κ1) is 15.3. The van der Waals surface area contributed by atoms with E-state index in [4.69, 9.17) is 5.11 Å². The van der Waals surface area contributed by atoms with E-state index in [-0.39, 0.29) is 17.4 Å². The molecule has 1 atom stereocenters. The molecule has 1 N–H and O–H groups in total. The lowest BCUT2D eigenvalue weighted by atomic mass is 10.2. The summed E-state index contributed by atoms with van der Waals surface area (Å²) in [5.41, 5.74) is 0. The Morgan fingerprint density at radius 1 is 1.40 bits per heavy atom. The topological polar surface area (TPSA) is 74.7 Å². The fourth-order valence-corrected chi connectivity index (χ4v) is 4.93. The molecular formula is C11H10BrF2NO4S. The third-order valence-electron chi connectivity index (χ3n) is 3.02. The van der Waals surface area contributed by atoms with Gasteiger partial charge in [0.25, 0.3) is 0 Å². The molecule has 1 fully saturated rings. The monoisotopic (exact) mass is 369 g/mol. The zero-order chi connectivity index (χ0) is 15.1. The van der Waals surface area contributed by atoms with Crippen molar-refractivity contribution in [2.75, 3.05) is 6.54 Å². The number of hydrogen-bond donors (Lipinski definition) is 1. The molecule has 1 aromatic rings. The van der Waals surface area contributed by atoms with E-state index in [0.29, 0.717) is 12.5 Å². The number of benzene rings is 1. The number of carbonyl (C=O) groups is 1. The van der Waals surface area contributed by atoms with Crippen molar-refractivity contribution in [3.8, 4) is 0 Å². The highest BCUT2D eigenvalue weighted by Gasteiger charge is 2.41. The zero-order valence-corrected chi connectivity index (χ0v) is 12.4. The number of hydrogen-bond acceptors (Lipinski definition) is 3. The summed E-state index contributed by atoms with van der Waals surface area (Å²) in [4.78, 5) is 10.3. The van der Waals surface area contributed by atoms with Crippen molar-refractivity contribution >= 4 is 31.9 Å². The largest absolute Gasteiger partial charge is 0.480 e. The first-order chi connectivity index (χ1) is 9.25. The summed E-state index contributed by atoms with van der Waals surface area (Å²) < 4.78 is 52.0. The van der Waals surface area contributed by atoms with E-state index in [2.05, 4.69) is 15.9 Å². The van der Waals surface area contributed by atoms with Crippen LogP contribution in [-0.2, 0) is 14.8 Å². The minimum atomic E-state index is -4.35. The van der Waals surface area contributed by atoms with Crippen LogP contribution in [0, 0.1) is 11.6 Å². The summed E-state index contributed by atoms with van der Waals surface area (Å²) in [6.45, 7) is -0.0114. The van der Waals surface area contributed by atoms with Crippen molar-refractivity contribution in [3.63, 3.8) is 0 Å². The number of rotatable bonds is 3. The van der Waals surface area contributed by atoms with Gasteiger partial charge in [-0.25, -0.2) is 17.2 Å². The lowest BCUT2D eigenvalue weighted by Crippen LogP contribution is -2.40. The van der Waals surface area contributed by atoms with Crippen LogP contribution >= 0.6 is 15.9 Å². The fourth-order valence-electron chi connectivity index (χ4n) is 2.17. The van der Waals surface area contributed by atoms with Crippen LogP contribution in [-0.4, -0.2) is 36.4 Å². The van der Waals surface area contributed by atoms with Crippen molar-refractivity contribution in [1.82, 2.24) is 4.31 Å². The lowest BCUT2D eigenvalue weighted by molar-refractivity contribution is -0.140. The van der Waals surface area contributed by atoms with Crippen molar-refractivity contribution < 1.29 is 27.1 Å². The molecule has 1 saturated heterocycles. The van der Waals surface area contributed by atoms with Crippen molar-refractivity contribution in [1.29, 1.82) is 0 Å². The second-order valence-electron chi connectivity index (χ2n) is 4.31. The number of sulfonamides is 1. The van der Waals surface area contributed by atoms with Crippen LogP contribution in [0.1, 0.15) is 12.8 Å². The van der Waals surface area contributed by atoms with Gasteiger partial charge in [-0.3, -0.25) is 4.79 Å². The van der Waals surface area contributed by atoms with Gasteiger partial charge in [0.15, 0.2) is 0 Å². The van der Waals surface area contributed by atoms with Gasteiger partial charge in [-0.05, 0) is 34.8 Å². The number of carboxylic acid groups (broad SMARTS) is 1. The first-order valence-corrected chi connectivity index (χ1v) is 7.87. The predicted octanol–water partition coefficient (Wildman–Crippen LogP) is 1.97. The molecular weight excluding hydrogens is 360 g/mol. The average molecular weight is 370 g/mol. The van der Waals surface area contributed by atoms with Gasteiger partial charge in [-0.1, -0.05) is 0 Å². The summed E-state index contributed by atoms with van der Waals surface area (Å²) in [7, 11) is -4.35. The summed E-state index contributed by atoms with van der Waals surface area (Å²) >= 11 is 2.80. The lowest BCUT2D eigenvalue weighted by Gasteiger charge is -2.21. The molecule has 0 unspecified atom stereocenters. The van der Waals surface area contributed by atoms with Gasteiger partial charge in [-0.15, -0.1) is 0 Å². The molecule has 0 aliphatic carbocycles. The maximum Gasteiger partial charge on any atom is 0.322 e. The van der Waals surface area contributed by atoms with E-state index in [9.17, 15) is 22.0 Å². The third-order valence-corrected chi connectivity index (χ3v) is 5.89. The van der Waals surface area contributed by atoms with Gasteiger partial charge in [0, 0.05) is 17.1 Å². The molecule has 0 bridgehead atoms. The molecule has 0 amide bonds. The van der Waals surface area contributed by atoms with Crippen LogP contribution in [0.4, 0.5) is 8.78 Å². The molecule has 1 heterocycles. The zero-order valence-electron chi connectivity index (χ0n) is 10.0. The van der Waals surface area contributed by atoms with Gasteiger partial charge in [0.2, 0.25) is 10.0 Å². The van der Waals surface area contributed by atoms with Crippen LogP contribution in [0.25, 0.3) is 0 Å². The van der Waals surface area contributed by atoms with Gasteiger partial charge in [0.05, 0.1) is 0 Å². The molecule has 110 valence electrons. The first-order valence-electron chi connectivity index (χ1n) is 5.64. The fraction of sp³-hybridized carbons (Fsp3) is 0.364. The molecule has 0 spiro atoms. The van der Waals surface area contributed by atoms with Crippen LogP contribution < -0.4 is 0 Å². The Hall–Kier alpha value is -1.06. The highest BCUT2D eigenvalue weighted by Crippen LogP contribution is 2.32. The van der Waals surface area contributed by atoms with Gasteiger partial charge in [-0.2, -0.15) is 4.31 Å². The molecule has 0 radical (unpaired) electrons. The minimum absolute atomic E-state index is 0.0114. The predicted molar refractivity (Wildman–Crippen MR) is 68.6 cm³/mol. The molecule has 5 nitrogen and oxygen atoms in total. The van der Waals surface area contributed by atoms with Gasteiger partial charge < -0.3 is 5.11 Å². The maximum atomic E-state index is 13.8. The Balaban J connectivity index is 2.54. The number of carboxylic acids is 1. The molecule has 0 aromatic heterocycles. The SMILES string of the molecule is O=C(O)[C@H]1CCCN1S(=O)(=O)c1c(F)cc(F)cc1Br.